The molecule has 2 aromatic rings. The highest BCUT2D eigenvalue weighted by molar-refractivity contribution is 7.08. The molecular formula is C12H10Cl2N2OS. The predicted molar refractivity (Wildman–Crippen MR) is 73.8 cm³/mol. The van der Waals surface area contributed by atoms with Crippen molar-refractivity contribution in [3.63, 3.8) is 0 Å². The fourth-order valence-electron chi connectivity index (χ4n) is 1.57. The monoisotopic (exact) mass is 300 g/mol. The first-order valence-corrected chi connectivity index (χ1v) is 6.93. The van der Waals surface area contributed by atoms with Crippen LogP contribution in [0.2, 0.25) is 10.0 Å². The van der Waals surface area contributed by atoms with Gasteiger partial charge in [0, 0.05) is 6.42 Å². The van der Waals surface area contributed by atoms with Crippen LogP contribution >= 0.6 is 34.7 Å². The fourth-order valence-corrected chi connectivity index (χ4v) is 2.57. The summed E-state index contributed by atoms with van der Waals surface area (Å²) in [5.41, 5.74) is 1.59. The number of hydrogen-bond acceptors (Lipinski definition) is 4. The Balaban J connectivity index is 2.19. The second kappa shape index (κ2) is 5.78. The Labute approximate surface area is 119 Å². The average Bonchev–Trinajstić information content (AvgIpc) is 2.82. The molecule has 0 saturated carbocycles. The lowest BCUT2D eigenvalue weighted by Gasteiger charge is -2.02. The maximum absolute atomic E-state index is 12.1. The first-order chi connectivity index (χ1) is 8.61. The van der Waals surface area contributed by atoms with Crippen LogP contribution in [0.4, 0.5) is 0 Å². The van der Waals surface area contributed by atoms with E-state index in [1.807, 2.05) is 6.92 Å². The molecule has 3 nitrogen and oxygen atoms in total. The zero-order valence-electron chi connectivity index (χ0n) is 9.61. The molecule has 0 amide bonds. The van der Waals surface area contributed by atoms with Gasteiger partial charge in [-0.25, -0.2) is 0 Å². The maximum atomic E-state index is 12.1. The van der Waals surface area contributed by atoms with Crippen molar-refractivity contribution in [2.45, 2.75) is 19.8 Å². The molecule has 2 rings (SSSR count). The lowest BCUT2D eigenvalue weighted by molar-refractivity contribution is 0.0996. The van der Waals surface area contributed by atoms with E-state index in [0.29, 0.717) is 21.3 Å². The Morgan fingerprint density at radius 2 is 2.11 bits per heavy atom. The van der Waals surface area contributed by atoms with Gasteiger partial charge >= 0.3 is 0 Å². The minimum atomic E-state index is 0.0141. The number of nitrogens with zero attached hydrogens (tertiary/aromatic N) is 2. The van der Waals surface area contributed by atoms with E-state index in [-0.39, 0.29) is 12.2 Å². The molecular weight excluding hydrogens is 291 g/mol. The van der Waals surface area contributed by atoms with Gasteiger partial charge in [-0.2, -0.15) is 0 Å². The van der Waals surface area contributed by atoms with Crippen molar-refractivity contribution < 1.29 is 4.79 Å². The number of carbonyl (C=O) groups excluding carboxylic acids is 1. The molecule has 0 aliphatic heterocycles. The molecule has 0 aliphatic rings. The van der Waals surface area contributed by atoms with Crippen molar-refractivity contribution in [1.29, 1.82) is 0 Å². The quantitative estimate of drug-likeness (QED) is 0.806. The van der Waals surface area contributed by atoms with E-state index < -0.39 is 0 Å². The van der Waals surface area contributed by atoms with Crippen molar-refractivity contribution >= 4 is 40.5 Å². The molecule has 1 heterocycles. The van der Waals surface area contributed by atoms with Crippen LogP contribution in [-0.4, -0.2) is 15.4 Å². The van der Waals surface area contributed by atoms with Gasteiger partial charge in [0.1, 0.15) is 4.88 Å². The number of aryl methyl sites for hydroxylation is 1. The van der Waals surface area contributed by atoms with Gasteiger partial charge in [-0.1, -0.05) is 40.7 Å². The minimum absolute atomic E-state index is 0.0141. The summed E-state index contributed by atoms with van der Waals surface area (Å²) in [5, 5.41) is 4.88. The van der Waals surface area contributed by atoms with Gasteiger partial charge in [-0.05, 0) is 35.6 Å². The first kappa shape index (κ1) is 13.5. The zero-order chi connectivity index (χ0) is 13.1. The Morgan fingerprint density at radius 1 is 1.33 bits per heavy atom. The molecule has 6 heteroatoms. The van der Waals surface area contributed by atoms with Crippen LogP contribution in [0.1, 0.15) is 27.9 Å². The van der Waals surface area contributed by atoms with E-state index in [1.165, 1.54) is 0 Å². The van der Waals surface area contributed by atoms with Crippen molar-refractivity contribution in [3.05, 3.63) is 44.4 Å². The number of rotatable bonds is 4. The van der Waals surface area contributed by atoms with Gasteiger partial charge in [0.05, 0.1) is 15.7 Å². The largest absolute Gasteiger partial charge is 0.293 e. The molecule has 1 aromatic carbocycles. The highest BCUT2D eigenvalue weighted by Gasteiger charge is 2.15. The number of halogens is 2. The zero-order valence-corrected chi connectivity index (χ0v) is 11.9. The summed E-state index contributed by atoms with van der Waals surface area (Å²) in [6.07, 6.45) is 0.993. The van der Waals surface area contributed by atoms with Gasteiger partial charge in [0.25, 0.3) is 0 Å². The number of hydrogen-bond donors (Lipinski definition) is 0. The number of aromatic nitrogens is 2. The summed E-state index contributed by atoms with van der Waals surface area (Å²) >= 11 is 12.9. The van der Waals surface area contributed by atoms with E-state index in [1.54, 1.807) is 18.2 Å². The van der Waals surface area contributed by atoms with Crippen LogP contribution in [0.3, 0.4) is 0 Å². The Bertz CT molecular complexity index is 583. The minimum Gasteiger partial charge on any atom is -0.293 e. The van der Waals surface area contributed by atoms with E-state index in [2.05, 4.69) is 9.59 Å². The van der Waals surface area contributed by atoms with Crippen molar-refractivity contribution in [2.75, 3.05) is 0 Å². The van der Waals surface area contributed by atoms with E-state index >= 15 is 0 Å². The van der Waals surface area contributed by atoms with Crippen LogP contribution in [0.15, 0.2) is 18.2 Å². The smallest absolute Gasteiger partial charge is 0.180 e. The van der Waals surface area contributed by atoms with Gasteiger partial charge in [0.15, 0.2) is 5.78 Å². The van der Waals surface area contributed by atoms with Gasteiger partial charge in [0.2, 0.25) is 0 Å². The normalized spacial score (nSPS) is 10.6. The summed E-state index contributed by atoms with van der Waals surface area (Å²) in [5.74, 6) is 0.0141. The van der Waals surface area contributed by atoms with Crippen molar-refractivity contribution in [2.24, 2.45) is 0 Å². The van der Waals surface area contributed by atoms with E-state index in [9.17, 15) is 4.79 Å². The van der Waals surface area contributed by atoms with Gasteiger partial charge < -0.3 is 0 Å². The maximum Gasteiger partial charge on any atom is 0.180 e. The predicted octanol–water partition coefficient (Wildman–Crippen LogP) is 3.83. The lowest BCUT2D eigenvalue weighted by atomic mass is 10.1. The Kier molecular flexibility index (Phi) is 4.32. The Morgan fingerprint density at radius 3 is 2.78 bits per heavy atom. The molecule has 94 valence electrons. The number of Topliss-reactive ketones (excluding diaryl/α,β-unsaturated/α-hetero) is 1. The summed E-state index contributed by atoms with van der Waals surface area (Å²) in [7, 11) is 0. The van der Waals surface area contributed by atoms with Crippen molar-refractivity contribution in [1.82, 2.24) is 9.59 Å². The summed E-state index contributed by atoms with van der Waals surface area (Å²) in [6, 6.07) is 5.20. The fraction of sp³-hybridized carbons (Fsp3) is 0.250. The topological polar surface area (TPSA) is 42.9 Å². The number of carbonyl (C=O) groups is 1. The Hall–Kier alpha value is -0.970. The molecule has 0 bridgehead atoms. The lowest BCUT2D eigenvalue weighted by Crippen LogP contribution is -2.04. The molecule has 0 N–H and O–H groups in total. The second-order valence-electron chi connectivity index (χ2n) is 3.75. The average molecular weight is 301 g/mol. The molecule has 0 fully saturated rings. The standard InChI is InChI=1S/C12H10Cl2N2OS/c1-2-10-12(18-16-15-10)11(17)6-7-3-4-8(13)9(14)5-7/h3-5H,2,6H2,1H3. The molecule has 0 aliphatic carbocycles. The number of benzene rings is 1. The van der Waals surface area contributed by atoms with E-state index in [4.69, 9.17) is 23.2 Å². The first-order valence-electron chi connectivity index (χ1n) is 5.40. The van der Waals surface area contributed by atoms with Crippen molar-refractivity contribution in [3.8, 4) is 0 Å². The van der Waals surface area contributed by atoms with Crippen LogP contribution in [0.25, 0.3) is 0 Å². The molecule has 0 atom stereocenters. The summed E-state index contributed by atoms with van der Waals surface area (Å²) in [4.78, 5) is 12.7. The summed E-state index contributed by atoms with van der Waals surface area (Å²) in [6.45, 7) is 1.95. The van der Waals surface area contributed by atoms with Crippen LogP contribution in [0.5, 0.6) is 0 Å². The van der Waals surface area contributed by atoms with Crippen LogP contribution in [-0.2, 0) is 12.8 Å². The van der Waals surface area contributed by atoms with Crippen LogP contribution in [0, 0.1) is 0 Å². The van der Waals surface area contributed by atoms with Crippen LogP contribution < -0.4 is 0 Å². The van der Waals surface area contributed by atoms with Gasteiger partial charge in [-0.15, -0.1) is 5.10 Å². The third kappa shape index (κ3) is 2.88. The summed E-state index contributed by atoms with van der Waals surface area (Å²) < 4.78 is 3.81. The third-order valence-electron chi connectivity index (χ3n) is 2.49. The molecule has 1 aromatic heterocycles. The van der Waals surface area contributed by atoms with E-state index in [0.717, 1.165) is 22.8 Å². The van der Waals surface area contributed by atoms with Gasteiger partial charge in [-0.3, -0.25) is 4.79 Å². The second-order valence-corrected chi connectivity index (χ2v) is 5.32. The SMILES string of the molecule is CCc1nnsc1C(=O)Cc1ccc(Cl)c(Cl)c1. The molecule has 0 saturated heterocycles. The molecule has 0 spiro atoms. The highest BCUT2D eigenvalue weighted by Crippen LogP contribution is 2.24. The third-order valence-corrected chi connectivity index (χ3v) is 4.04. The molecule has 0 unspecified atom stereocenters. The highest BCUT2D eigenvalue weighted by atomic mass is 35.5. The number of ketones is 1. The molecule has 18 heavy (non-hydrogen) atoms. The molecule has 0 radical (unpaired) electrons.